The summed E-state index contributed by atoms with van der Waals surface area (Å²) in [5, 5.41) is 0. The monoisotopic (exact) mass is 220 g/mol. The molecule has 4 nitrogen and oxygen atoms in total. The average molecular weight is 220 g/mol. The summed E-state index contributed by atoms with van der Waals surface area (Å²) >= 11 is 0. The molecule has 0 aliphatic carbocycles. The van der Waals surface area contributed by atoms with Gasteiger partial charge in [-0.15, -0.1) is 0 Å². The number of aryl methyl sites for hydroxylation is 2. The van der Waals surface area contributed by atoms with Crippen molar-refractivity contribution in [2.45, 2.75) is 26.8 Å². The van der Waals surface area contributed by atoms with Crippen LogP contribution in [-0.2, 0) is 0 Å². The van der Waals surface area contributed by atoms with Gasteiger partial charge < -0.3 is 8.83 Å². The van der Waals surface area contributed by atoms with E-state index in [-0.39, 0.29) is 6.04 Å². The molecule has 3 N–H and O–H groups in total. The summed E-state index contributed by atoms with van der Waals surface area (Å²) in [6, 6.07) is 3.58. The van der Waals surface area contributed by atoms with Gasteiger partial charge >= 0.3 is 0 Å². The van der Waals surface area contributed by atoms with Crippen LogP contribution in [0.3, 0.4) is 0 Å². The lowest BCUT2D eigenvalue weighted by atomic mass is 10.0. The molecule has 0 spiro atoms. The van der Waals surface area contributed by atoms with Gasteiger partial charge in [0, 0.05) is 5.56 Å². The molecular formula is C12H16N2O2. The third-order valence-corrected chi connectivity index (χ3v) is 2.90. The maximum atomic E-state index is 5.59. The highest BCUT2D eigenvalue weighted by Crippen LogP contribution is 2.30. The molecule has 1 atom stereocenters. The summed E-state index contributed by atoms with van der Waals surface area (Å²) in [6.45, 7) is 5.90. The first-order valence-electron chi connectivity index (χ1n) is 5.21. The van der Waals surface area contributed by atoms with Crippen LogP contribution >= 0.6 is 0 Å². The fraction of sp³-hybridized carbons (Fsp3) is 0.333. The number of hydrazine groups is 1. The van der Waals surface area contributed by atoms with E-state index in [9.17, 15) is 0 Å². The van der Waals surface area contributed by atoms with Gasteiger partial charge in [0.1, 0.15) is 23.3 Å². The topological polar surface area (TPSA) is 64.3 Å². The van der Waals surface area contributed by atoms with Crippen molar-refractivity contribution >= 4 is 0 Å². The number of hydrogen-bond acceptors (Lipinski definition) is 4. The molecule has 86 valence electrons. The molecule has 0 saturated carbocycles. The molecule has 0 aromatic carbocycles. The lowest BCUT2D eigenvalue weighted by Gasteiger charge is -2.13. The van der Waals surface area contributed by atoms with Gasteiger partial charge in [0.2, 0.25) is 0 Å². The number of furan rings is 2. The molecule has 1 unspecified atom stereocenters. The van der Waals surface area contributed by atoms with Gasteiger partial charge in [0.05, 0.1) is 6.26 Å². The molecule has 0 aliphatic heterocycles. The lowest BCUT2D eigenvalue weighted by molar-refractivity contribution is 0.442. The SMILES string of the molecule is Cc1oc(C)c(C(NN)c2ccco2)c1C. The van der Waals surface area contributed by atoms with Crippen molar-refractivity contribution in [1.29, 1.82) is 0 Å². The molecule has 2 heterocycles. The summed E-state index contributed by atoms with van der Waals surface area (Å²) in [4.78, 5) is 0. The van der Waals surface area contributed by atoms with Gasteiger partial charge in [-0.2, -0.15) is 0 Å². The fourth-order valence-electron chi connectivity index (χ4n) is 2.00. The van der Waals surface area contributed by atoms with E-state index in [2.05, 4.69) is 5.43 Å². The zero-order valence-corrected chi connectivity index (χ0v) is 9.70. The lowest BCUT2D eigenvalue weighted by Crippen LogP contribution is -2.29. The van der Waals surface area contributed by atoms with Crippen LogP contribution in [0.15, 0.2) is 27.2 Å². The molecule has 4 heteroatoms. The average Bonchev–Trinajstić information content (AvgIpc) is 2.84. The summed E-state index contributed by atoms with van der Waals surface area (Å²) in [7, 11) is 0. The van der Waals surface area contributed by atoms with Crippen molar-refractivity contribution in [3.63, 3.8) is 0 Å². The van der Waals surface area contributed by atoms with Gasteiger partial charge in [-0.25, -0.2) is 5.43 Å². The van der Waals surface area contributed by atoms with Crippen molar-refractivity contribution in [2.24, 2.45) is 5.84 Å². The number of nitrogens with one attached hydrogen (secondary N) is 1. The highest BCUT2D eigenvalue weighted by Gasteiger charge is 2.23. The molecule has 0 amide bonds. The zero-order chi connectivity index (χ0) is 11.7. The maximum Gasteiger partial charge on any atom is 0.126 e. The Labute approximate surface area is 94.4 Å². The van der Waals surface area contributed by atoms with E-state index >= 15 is 0 Å². The normalized spacial score (nSPS) is 13.0. The zero-order valence-electron chi connectivity index (χ0n) is 9.70. The summed E-state index contributed by atoms with van der Waals surface area (Å²) in [5.41, 5.74) is 4.92. The Kier molecular flexibility index (Phi) is 2.85. The Morgan fingerprint density at radius 3 is 2.44 bits per heavy atom. The first kappa shape index (κ1) is 11.0. The van der Waals surface area contributed by atoms with Gasteiger partial charge in [-0.3, -0.25) is 5.84 Å². The Morgan fingerprint density at radius 1 is 1.25 bits per heavy atom. The quantitative estimate of drug-likeness (QED) is 0.615. The third kappa shape index (κ3) is 1.66. The highest BCUT2D eigenvalue weighted by molar-refractivity contribution is 5.38. The molecule has 0 saturated heterocycles. The van der Waals surface area contributed by atoms with Crippen LogP contribution in [0.2, 0.25) is 0 Å². The molecule has 2 aromatic heterocycles. The summed E-state index contributed by atoms with van der Waals surface area (Å²) in [5.74, 6) is 8.16. The second-order valence-corrected chi connectivity index (χ2v) is 3.87. The first-order chi connectivity index (χ1) is 7.65. The summed E-state index contributed by atoms with van der Waals surface area (Å²) < 4.78 is 11.0. The fourth-order valence-corrected chi connectivity index (χ4v) is 2.00. The van der Waals surface area contributed by atoms with Crippen molar-refractivity contribution in [3.8, 4) is 0 Å². The third-order valence-electron chi connectivity index (χ3n) is 2.90. The van der Waals surface area contributed by atoms with Crippen LogP contribution in [0, 0.1) is 20.8 Å². The van der Waals surface area contributed by atoms with Crippen molar-refractivity contribution in [2.75, 3.05) is 0 Å². The molecule has 2 rings (SSSR count). The molecule has 16 heavy (non-hydrogen) atoms. The van der Waals surface area contributed by atoms with E-state index in [0.717, 1.165) is 28.4 Å². The van der Waals surface area contributed by atoms with E-state index in [0.29, 0.717) is 0 Å². The highest BCUT2D eigenvalue weighted by atomic mass is 16.3. The van der Waals surface area contributed by atoms with E-state index in [1.165, 1.54) is 0 Å². The van der Waals surface area contributed by atoms with Gasteiger partial charge in [-0.1, -0.05) is 0 Å². The second kappa shape index (κ2) is 4.15. The van der Waals surface area contributed by atoms with Crippen LogP contribution in [0.5, 0.6) is 0 Å². The number of hydrogen-bond donors (Lipinski definition) is 2. The van der Waals surface area contributed by atoms with E-state index in [4.69, 9.17) is 14.7 Å². The summed E-state index contributed by atoms with van der Waals surface area (Å²) in [6.07, 6.45) is 1.64. The van der Waals surface area contributed by atoms with E-state index in [1.54, 1.807) is 6.26 Å². The minimum absolute atomic E-state index is 0.160. The Morgan fingerprint density at radius 2 is 2.00 bits per heavy atom. The number of rotatable bonds is 3. The standard InChI is InChI=1S/C12H16N2O2/c1-7-8(2)16-9(3)11(7)12(14-13)10-5-4-6-15-10/h4-6,12,14H,13H2,1-3H3. The van der Waals surface area contributed by atoms with Crippen molar-refractivity contribution < 1.29 is 8.83 Å². The Balaban J connectivity index is 2.49. The largest absolute Gasteiger partial charge is 0.467 e. The van der Waals surface area contributed by atoms with Gasteiger partial charge in [0.15, 0.2) is 0 Å². The predicted octanol–water partition coefficient (Wildman–Crippen LogP) is 2.35. The van der Waals surface area contributed by atoms with Crippen LogP contribution in [0.1, 0.15) is 34.4 Å². The minimum Gasteiger partial charge on any atom is -0.467 e. The molecule has 2 aromatic rings. The molecule has 0 aliphatic rings. The van der Waals surface area contributed by atoms with Crippen molar-refractivity contribution in [1.82, 2.24) is 5.43 Å². The molecule has 0 fully saturated rings. The van der Waals surface area contributed by atoms with Crippen LogP contribution in [-0.4, -0.2) is 0 Å². The first-order valence-corrected chi connectivity index (χ1v) is 5.21. The maximum absolute atomic E-state index is 5.59. The van der Waals surface area contributed by atoms with Crippen LogP contribution < -0.4 is 11.3 Å². The van der Waals surface area contributed by atoms with Crippen LogP contribution in [0.4, 0.5) is 0 Å². The van der Waals surface area contributed by atoms with E-state index in [1.807, 2.05) is 32.9 Å². The van der Waals surface area contributed by atoms with Gasteiger partial charge in [0.25, 0.3) is 0 Å². The van der Waals surface area contributed by atoms with Gasteiger partial charge in [-0.05, 0) is 38.5 Å². The van der Waals surface area contributed by atoms with E-state index < -0.39 is 0 Å². The number of nitrogens with two attached hydrogens (primary N) is 1. The Hall–Kier alpha value is -1.52. The predicted molar refractivity (Wildman–Crippen MR) is 60.8 cm³/mol. The molecular weight excluding hydrogens is 204 g/mol. The minimum atomic E-state index is -0.160. The molecule has 0 bridgehead atoms. The second-order valence-electron chi connectivity index (χ2n) is 3.87. The molecule has 0 radical (unpaired) electrons. The smallest absolute Gasteiger partial charge is 0.126 e. The van der Waals surface area contributed by atoms with Crippen molar-refractivity contribution in [3.05, 3.63) is 46.8 Å². The Bertz CT molecular complexity index is 471. The van der Waals surface area contributed by atoms with Crippen LogP contribution in [0.25, 0.3) is 0 Å².